The lowest BCUT2D eigenvalue weighted by atomic mass is 9.82. The molecule has 8 N–H and O–H groups in total. The summed E-state index contributed by atoms with van der Waals surface area (Å²) >= 11 is 0. The molecule has 3 fully saturated rings. The molecule has 1 aromatic carbocycles. The van der Waals surface area contributed by atoms with Crippen LogP contribution < -0.4 is 41.9 Å². The molecule has 7 rings (SSSR count). The fourth-order valence-electron chi connectivity index (χ4n) is 7.48. The van der Waals surface area contributed by atoms with Crippen LogP contribution in [0.25, 0.3) is 11.1 Å². The monoisotopic (exact) mass is 764 g/mol. The molecule has 294 valence electrons. The molecule has 1 saturated heterocycles. The number of anilines is 2. The summed E-state index contributed by atoms with van der Waals surface area (Å²) in [7, 11) is 11.8. The van der Waals surface area contributed by atoms with Crippen LogP contribution in [-0.2, 0) is 15.2 Å². The van der Waals surface area contributed by atoms with Crippen LogP contribution in [0.3, 0.4) is 0 Å². The summed E-state index contributed by atoms with van der Waals surface area (Å²) in [5.74, 6) is -0.806. The van der Waals surface area contributed by atoms with Crippen LogP contribution in [0.1, 0.15) is 79.9 Å². The number of allylic oxidation sites excluding steroid dienone is 1. The number of benzene rings is 1. The van der Waals surface area contributed by atoms with Gasteiger partial charge in [0, 0.05) is 79.8 Å². The first-order valence-electron chi connectivity index (χ1n) is 19.2. The van der Waals surface area contributed by atoms with E-state index in [4.69, 9.17) is 29.2 Å². The zero-order chi connectivity index (χ0) is 40.1. The Kier molecular flexibility index (Phi) is 10.5. The van der Waals surface area contributed by atoms with Gasteiger partial charge < -0.3 is 42.3 Å². The van der Waals surface area contributed by atoms with Crippen molar-refractivity contribution in [2.24, 2.45) is 17.4 Å². The summed E-state index contributed by atoms with van der Waals surface area (Å²) in [6.45, 7) is 5.25. The highest BCUT2D eigenvalue weighted by molar-refractivity contribution is 6.14. The van der Waals surface area contributed by atoms with Crippen molar-refractivity contribution in [3.63, 3.8) is 0 Å². The number of amides is 3. The fourth-order valence-corrected chi connectivity index (χ4v) is 7.48. The number of nitrogens with one attached hydrogen (secondary N) is 3. The van der Waals surface area contributed by atoms with Crippen molar-refractivity contribution >= 4 is 36.9 Å². The molecule has 17 heteroatoms. The Morgan fingerprint density at radius 3 is 2.46 bits per heavy atom. The molecular formula is C39H51BN11O5+. The molecule has 4 heterocycles. The standard InChI is InChI=1S/C39H50BN11O5/c1-6-29-35-26(19-43-50(35)24-20-49(21-24)39(40,55)31-13-9-12-30(51(31)56-5)38(54)47(3)7-2)25-10-8-11-27(34(25)48(29)4)45-28(33(42)37(53)44-23-16-17-23)18-32(41)46-36(52)22-14-15-22/h8-13,18-19,22-24,29,42,55H,6-7,14-17,20-21H2,1-5H3,(H5,41,44,45,46,52,53,54)/p+1. The quantitative estimate of drug-likeness (QED) is 0.0590. The number of nitrogens with two attached hydrogens (primary N) is 2. The van der Waals surface area contributed by atoms with Gasteiger partial charge in [-0.3, -0.25) is 28.8 Å². The predicted octanol–water partition coefficient (Wildman–Crippen LogP) is 0.904. The van der Waals surface area contributed by atoms with Gasteiger partial charge in [-0.05, 0) is 51.2 Å². The molecule has 2 aliphatic heterocycles. The zero-order valence-electron chi connectivity index (χ0n) is 32.6. The van der Waals surface area contributed by atoms with E-state index in [-0.39, 0.29) is 64.5 Å². The van der Waals surface area contributed by atoms with E-state index in [1.54, 1.807) is 35.0 Å². The van der Waals surface area contributed by atoms with Gasteiger partial charge in [0.15, 0.2) is 13.5 Å². The summed E-state index contributed by atoms with van der Waals surface area (Å²) in [6, 6.07) is 10.7. The summed E-state index contributed by atoms with van der Waals surface area (Å²) in [4.78, 5) is 49.8. The van der Waals surface area contributed by atoms with Crippen molar-refractivity contribution in [2.45, 2.75) is 69.7 Å². The predicted molar refractivity (Wildman–Crippen MR) is 210 cm³/mol. The molecule has 4 aliphatic rings. The third-order valence-corrected chi connectivity index (χ3v) is 11.2. The van der Waals surface area contributed by atoms with Gasteiger partial charge in [-0.15, -0.1) is 0 Å². The average Bonchev–Trinajstić information content (AvgIpc) is 4.11. The molecular weight excluding hydrogens is 713 g/mol. The largest absolute Gasteiger partial charge is 0.393 e. The first-order chi connectivity index (χ1) is 26.8. The van der Waals surface area contributed by atoms with Crippen molar-refractivity contribution in [1.29, 1.82) is 0 Å². The Balaban J connectivity index is 1.17. The number of carbonyl (C=O) groups excluding carboxylic acids is 3. The van der Waals surface area contributed by atoms with Gasteiger partial charge in [-0.2, -0.15) is 5.10 Å². The van der Waals surface area contributed by atoms with Crippen LogP contribution in [0.15, 0.2) is 65.9 Å². The molecule has 3 amide bonds. The van der Waals surface area contributed by atoms with Gasteiger partial charge in [-0.25, -0.2) is 0 Å². The zero-order valence-corrected chi connectivity index (χ0v) is 32.6. The summed E-state index contributed by atoms with van der Waals surface area (Å²) in [5, 5.41) is 25.7. The lowest BCUT2D eigenvalue weighted by Gasteiger charge is -2.47. The highest BCUT2D eigenvalue weighted by atomic mass is 16.6. The van der Waals surface area contributed by atoms with Crippen LogP contribution in [-0.4, -0.2) is 97.1 Å². The molecule has 2 radical (unpaired) electrons. The normalized spacial score (nSPS) is 19.8. The third kappa shape index (κ3) is 7.16. The van der Waals surface area contributed by atoms with E-state index >= 15 is 0 Å². The minimum absolute atomic E-state index is 0.0471. The lowest BCUT2D eigenvalue weighted by molar-refractivity contribution is -0.895. The van der Waals surface area contributed by atoms with E-state index in [0.717, 1.165) is 54.6 Å². The number of para-hydroxylation sites is 1. The van der Waals surface area contributed by atoms with E-state index < -0.39 is 11.5 Å². The molecule has 2 atom stereocenters. The average molecular weight is 765 g/mol. The number of pyridine rings is 1. The Morgan fingerprint density at radius 2 is 1.82 bits per heavy atom. The van der Waals surface area contributed by atoms with Gasteiger partial charge in [0.25, 0.3) is 11.6 Å². The van der Waals surface area contributed by atoms with Crippen molar-refractivity contribution < 1.29 is 29.1 Å². The van der Waals surface area contributed by atoms with Gasteiger partial charge in [0.1, 0.15) is 18.6 Å². The smallest absolute Gasteiger partial charge is 0.323 e. The Bertz CT molecular complexity index is 2100. The van der Waals surface area contributed by atoms with Crippen molar-refractivity contribution in [3.8, 4) is 11.1 Å². The van der Waals surface area contributed by atoms with Gasteiger partial charge in [-0.1, -0.05) is 19.1 Å². The van der Waals surface area contributed by atoms with Gasteiger partial charge in [0.05, 0.1) is 41.0 Å². The van der Waals surface area contributed by atoms with Crippen molar-refractivity contribution in [3.05, 3.63) is 83.0 Å². The minimum atomic E-state index is -1.95. The maximum absolute atomic E-state index is 13.2. The number of nitrogens with zero attached hydrogens (tertiary/aromatic N) is 6. The molecule has 2 aromatic heterocycles. The SMILES string of the molecule is [B]C(O)(c1cccc(C(=O)N(C)CC)[n+]1OC)N1CC(n2ncc3c2C(CC)N(C)c2c(NC(/C=C(\N)NC(=O)C4CC4)=C(/N)C(=O)NC4CC4)cccc2-3)C1. The van der Waals surface area contributed by atoms with Crippen molar-refractivity contribution in [1.82, 2.24) is 30.2 Å². The maximum atomic E-state index is 13.2. The summed E-state index contributed by atoms with van der Waals surface area (Å²) in [6.07, 6.45) is 7.55. The Morgan fingerprint density at radius 1 is 1.11 bits per heavy atom. The van der Waals surface area contributed by atoms with E-state index in [2.05, 4.69) is 27.8 Å². The molecule has 3 aromatic rings. The van der Waals surface area contributed by atoms with E-state index in [1.807, 2.05) is 43.0 Å². The number of rotatable bonds is 14. The van der Waals surface area contributed by atoms with Crippen LogP contribution >= 0.6 is 0 Å². The van der Waals surface area contributed by atoms with E-state index in [9.17, 15) is 19.5 Å². The van der Waals surface area contributed by atoms with Crippen molar-refractivity contribution in [2.75, 3.05) is 51.1 Å². The summed E-state index contributed by atoms with van der Waals surface area (Å²) in [5.41, 5.74) is 16.0. The van der Waals surface area contributed by atoms with Gasteiger partial charge in [0.2, 0.25) is 5.91 Å². The van der Waals surface area contributed by atoms with Crippen LogP contribution in [0.4, 0.5) is 11.4 Å². The molecule has 2 saturated carbocycles. The second-order valence-corrected chi connectivity index (χ2v) is 15.1. The van der Waals surface area contributed by atoms with Crippen LogP contribution in [0.5, 0.6) is 0 Å². The molecule has 2 unspecified atom stereocenters. The Hall–Kier alpha value is -5.55. The van der Waals surface area contributed by atoms with Crippen LogP contribution in [0.2, 0.25) is 0 Å². The molecule has 16 nitrogen and oxygen atoms in total. The molecule has 56 heavy (non-hydrogen) atoms. The fraction of sp³-hybridized carbons (Fsp3) is 0.462. The topological polar surface area (TPSA) is 200 Å². The third-order valence-electron chi connectivity index (χ3n) is 11.2. The number of likely N-dealkylation sites (tertiary alicyclic amines) is 1. The van der Waals surface area contributed by atoms with Gasteiger partial charge >= 0.3 is 11.6 Å². The highest BCUT2D eigenvalue weighted by Gasteiger charge is 2.49. The summed E-state index contributed by atoms with van der Waals surface area (Å²) < 4.78 is 3.30. The molecule has 2 aliphatic carbocycles. The maximum Gasteiger partial charge on any atom is 0.323 e. The van der Waals surface area contributed by atoms with E-state index in [1.165, 1.54) is 17.9 Å². The number of aromatic nitrogens is 3. The number of aliphatic hydroxyl groups is 1. The lowest BCUT2D eigenvalue weighted by Crippen LogP contribution is -2.65. The number of hydrogen-bond acceptors (Lipinski definition) is 11. The second-order valence-electron chi connectivity index (χ2n) is 15.1. The number of fused-ring (bicyclic) bond motifs is 3. The molecule has 0 bridgehead atoms. The van der Waals surface area contributed by atoms with E-state index in [0.29, 0.717) is 25.3 Å². The minimum Gasteiger partial charge on any atom is -0.393 e. The number of carbonyl (C=O) groups is 3. The molecule has 0 spiro atoms. The first-order valence-corrected chi connectivity index (χ1v) is 19.2. The number of hydrogen-bond donors (Lipinski definition) is 6. The van der Waals surface area contributed by atoms with Crippen LogP contribution in [0, 0.1) is 5.92 Å². The Labute approximate surface area is 327 Å². The highest BCUT2D eigenvalue weighted by Crippen LogP contribution is 2.50. The second kappa shape index (κ2) is 15.2. The first kappa shape index (κ1) is 38.7.